The minimum atomic E-state index is -0.0348. The van der Waals surface area contributed by atoms with E-state index in [2.05, 4.69) is 6.58 Å². The van der Waals surface area contributed by atoms with E-state index >= 15 is 0 Å². The summed E-state index contributed by atoms with van der Waals surface area (Å²) in [5.41, 5.74) is 8.28. The van der Waals surface area contributed by atoms with Crippen LogP contribution in [0.25, 0.3) is 0 Å². The first kappa shape index (κ1) is 16.0. The second-order valence-corrected chi connectivity index (χ2v) is 4.47. The van der Waals surface area contributed by atoms with Crippen LogP contribution in [0.5, 0.6) is 5.75 Å². The van der Waals surface area contributed by atoms with Crippen LogP contribution in [0, 0.1) is 0 Å². The fourth-order valence-corrected chi connectivity index (χ4v) is 1.63. The van der Waals surface area contributed by atoms with Crippen molar-refractivity contribution in [3.63, 3.8) is 0 Å². The SMILES string of the molecule is C=C(C)C[C@@H](N)c1ccccc1OC(C)C.Cl. The molecule has 0 aromatic heterocycles. The third-order valence-electron chi connectivity index (χ3n) is 2.25. The van der Waals surface area contributed by atoms with Crippen LogP contribution in [0.2, 0.25) is 0 Å². The van der Waals surface area contributed by atoms with Gasteiger partial charge in [0, 0.05) is 11.6 Å². The Bertz CT molecular complexity index is 363. The zero-order valence-electron chi connectivity index (χ0n) is 10.8. The van der Waals surface area contributed by atoms with E-state index in [1.54, 1.807) is 0 Å². The second-order valence-electron chi connectivity index (χ2n) is 4.47. The van der Waals surface area contributed by atoms with Crippen molar-refractivity contribution in [1.29, 1.82) is 0 Å². The van der Waals surface area contributed by atoms with E-state index in [1.807, 2.05) is 45.0 Å². The molecule has 0 heterocycles. The van der Waals surface area contributed by atoms with Gasteiger partial charge in [0.15, 0.2) is 0 Å². The van der Waals surface area contributed by atoms with E-state index in [0.29, 0.717) is 0 Å². The van der Waals surface area contributed by atoms with Gasteiger partial charge in [-0.3, -0.25) is 0 Å². The first-order valence-electron chi connectivity index (χ1n) is 5.66. The summed E-state index contributed by atoms with van der Waals surface area (Å²) in [5.74, 6) is 0.881. The fraction of sp³-hybridized carbons (Fsp3) is 0.429. The Labute approximate surface area is 110 Å². The lowest BCUT2D eigenvalue weighted by atomic mass is 10.0. The molecule has 2 N–H and O–H groups in total. The predicted octanol–water partition coefficient (Wildman–Crippen LogP) is 3.86. The van der Waals surface area contributed by atoms with E-state index in [-0.39, 0.29) is 24.6 Å². The standard InChI is InChI=1S/C14H21NO.ClH/c1-10(2)9-13(15)12-7-5-6-8-14(12)16-11(3)4;/h5-8,11,13H,1,9,15H2,2-4H3;1H/t13-;/m1./s1. The molecule has 0 unspecified atom stereocenters. The molecule has 0 radical (unpaired) electrons. The summed E-state index contributed by atoms with van der Waals surface area (Å²) in [6.45, 7) is 9.91. The maximum absolute atomic E-state index is 6.13. The first-order valence-corrected chi connectivity index (χ1v) is 5.66. The molecule has 96 valence electrons. The van der Waals surface area contributed by atoms with Crippen LogP contribution in [0.1, 0.15) is 38.8 Å². The van der Waals surface area contributed by atoms with Crippen molar-refractivity contribution in [2.75, 3.05) is 0 Å². The minimum Gasteiger partial charge on any atom is -0.491 e. The Morgan fingerprint density at radius 2 is 1.94 bits per heavy atom. The lowest BCUT2D eigenvalue weighted by Gasteiger charge is -2.18. The highest BCUT2D eigenvalue weighted by Crippen LogP contribution is 2.27. The van der Waals surface area contributed by atoms with Gasteiger partial charge in [-0.1, -0.05) is 23.8 Å². The van der Waals surface area contributed by atoms with E-state index in [0.717, 1.165) is 23.3 Å². The minimum absolute atomic E-state index is 0. The normalized spacial score (nSPS) is 11.8. The molecular weight excluding hydrogens is 234 g/mol. The van der Waals surface area contributed by atoms with Crippen molar-refractivity contribution < 1.29 is 4.74 Å². The lowest BCUT2D eigenvalue weighted by molar-refractivity contribution is 0.238. The molecule has 1 aromatic rings. The van der Waals surface area contributed by atoms with Gasteiger partial charge in [0.1, 0.15) is 5.75 Å². The number of rotatable bonds is 5. The van der Waals surface area contributed by atoms with Crippen LogP contribution in [-0.2, 0) is 0 Å². The van der Waals surface area contributed by atoms with Crippen LogP contribution >= 0.6 is 12.4 Å². The fourth-order valence-electron chi connectivity index (χ4n) is 1.63. The second kappa shape index (κ2) is 7.36. The van der Waals surface area contributed by atoms with Gasteiger partial charge in [-0.2, -0.15) is 0 Å². The molecule has 0 amide bonds. The van der Waals surface area contributed by atoms with Gasteiger partial charge in [0.05, 0.1) is 6.10 Å². The average Bonchev–Trinajstić information content (AvgIpc) is 2.16. The van der Waals surface area contributed by atoms with Crippen LogP contribution in [0.3, 0.4) is 0 Å². The summed E-state index contributed by atoms with van der Waals surface area (Å²) >= 11 is 0. The Hall–Kier alpha value is -0.990. The number of nitrogens with two attached hydrogens (primary N) is 1. The molecule has 0 bridgehead atoms. The molecule has 2 nitrogen and oxygen atoms in total. The molecule has 0 aliphatic carbocycles. The van der Waals surface area contributed by atoms with Crippen LogP contribution in [0.4, 0.5) is 0 Å². The summed E-state index contributed by atoms with van der Waals surface area (Å²) in [5, 5.41) is 0. The Morgan fingerprint density at radius 1 is 1.35 bits per heavy atom. The molecule has 0 spiro atoms. The third kappa shape index (κ3) is 5.24. The van der Waals surface area contributed by atoms with E-state index in [9.17, 15) is 0 Å². The molecule has 0 aliphatic heterocycles. The molecule has 0 aliphatic rings. The zero-order chi connectivity index (χ0) is 12.1. The molecule has 0 saturated carbocycles. The maximum Gasteiger partial charge on any atom is 0.124 e. The van der Waals surface area contributed by atoms with E-state index in [4.69, 9.17) is 10.5 Å². The van der Waals surface area contributed by atoms with E-state index < -0.39 is 0 Å². The van der Waals surface area contributed by atoms with Crippen molar-refractivity contribution in [3.05, 3.63) is 42.0 Å². The molecule has 17 heavy (non-hydrogen) atoms. The van der Waals surface area contributed by atoms with Gasteiger partial charge in [-0.25, -0.2) is 0 Å². The number of ether oxygens (including phenoxy) is 1. The topological polar surface area (TPSA) is 35.2 Å². The summed E-state index contributed by atoms with van der Waals surface area (Å²) < 4.78 is 5.74. The Balaban J connectivity index is 0.00000256. The highest BCUT2D eigenvalue weighted by molar-refractivity contribution is 5.85. The number of halogens is 1. The number of para-hydroxylation sites is 1. The van der Waals surface area contributed by atoms with E-state index in [1.165, 1.54) is 0 Å². The van der Waals surface area contributed by atoms with Crippen molar-refractivity contribution in [1.82, 2.24) is 0 Å². The molecule has 1 rings (SSSR count). The number of hydrogen-bond donors (Lipinski definition) is 1. The van der Waals surface area contributed by atoms with Crippen LogP contribution < -0.4 is 10.5 Å². The van der Waals surface area contributed by atoms with Gasteiger partial charge < -0.3 is 10.5 Å². The molecular formula is C14H22ClNO. The molecule has 0 fully saturated rings. The van der Waals surface area contributed by atoms with Crippen molar-refractivity contribution in [2.24, 2.45) is 5.73 Å². The van der Waals surface area contributed by atoms with Gasteiger partial charge in [0.25, 0.3) is 0 Å². The van der Waals surface area contributed by atoms with Crippen molar-refractivity contribution in [3.8, 4) is 5.75 Å². The van der Waals surface area contributed by atoms with Crippen molar-refractivity contribution >= 4 is 12.4 Å². The Morgan fingerprint density at radius 3 is 2.47 bits per heavy atom. The molecule has 0 saturated heterocycles. The highest BCUT2D eigenvalue weighted by atomic mass is 35.5. The number of benzene rings is 1. The van der Waals surface area contributed by atoms with Gasteiger partial charge in [-0.15, -0.1) is 19.0 Å². The number of hydrogen-bond acceptors (Lipinski definition) is 2. The predicted molar refractivity (Wildman–Crippen MR) is 75.8 cm³/mol. The largest absolute Gasteiger partial charge is 0.491 e. The van der Waals surface area contributed by atoms with Gasteiger partial charge in [0.2, 0.25) is 0 Å². The monoisotopic (exact) mass is 255 g/mol. The maximum atomic E-state index is 6.13. The van der Waals surface area contributed by atoms with Gasteiger partial charge in [-0.05, 0) is 33.3 Å². The first-order chi connectivity index (χ1) is 7.50. The molecule has 1 aromatic carbocycles. The molecule has 1 atom stereocenters. The van der Waals surface area contributed by atoms with Crippen molar-refractivity contribution in [2.45, 2.75) is 39.3 Å². The van der Waals surface area contributed by atoms with Gasteiger partial charge >= 0.3 is 0 Å². The van der Waals surface area contributed by atoms with Crippen LogP contribution in [-0.4, -0.2) is 6.10 Å². The quantitative estimate of drug-likeness (QED) is 0.811. The molecule has 3 heteroatoms. The highest BCUT2D eigenvalue weighted by Gasteiger charge is 2.12. The summed E-state index contributed by atoms with van der Waals surface area (Å²) in [6.07, 6.45) is 0.955. The average molecular weight is 256 g/mol. The zero-order valence-corrected chi connectivity index (χ0v) is 11.6. The summed E-state index contributed by atoms with van der Waals surface area (Å²) in [6, 6.07) is 7.90. The van der Waals surface area contributed by atoms with Crippen LogP contribution in [0.15, 0.2) is 36.4 Å². The Kier molecular flexibility index (Phi) is 6.93. The lowest BCUT2D eigenvalue weighted by Crippen LogP contribution is -2.14. The third-order valence-corrected chi connectivity index (χ3v) is 2.25. The summed E-state index contributed by atoms with van der Waals surface area (Å²) in [7, 11) is 0. The summed E-state index contributed by atoms with van der Waals surface area (Å²) in [4.78, 5) is 0. The smallest absolute Gasteiger partial charge is 0.124 e.